The molecule has 27 heavy (non-hydrogen) atoms. The number of nitrogens with zero attached hydrogens (tertiary/aromatic N) is 1. The molecule has 1 aromatic carbocycles. The molecule has 8 heteroatoms. The first-order chi connectivity index (χ1) is 12.8. The number of carbonyl (C=O) groups excluding carboxylic acids is 2. The summed E-state index contributed by atoms with van der Waals surface area (Å²) in [7, 11) is 0. The lowest BCUT2D eigenvalue weighted by Gasteiger charge is -2.25. The highest BCUT2D eigenvalue weighted by Crippen LogP contribution is 2.33. The fraction of sp³-hybridized carbons (Fsp3) is 0.526. The second kappa shape index (κ2) is 8.48. The number of nitrogens with one attached hydrogen (secondary N) is 1. The van der Waals surface area contributed by atoms with E-state index >= 15 is 0 Å². The number of hydrogen-bond donors (Lipinski definition) is 2. The molecule has 2 fully saturated rings. The summed E-state index contributed by atoms with van der Waals surface area (Å²) in [4.78, 5) is 37.6. The molecule has 2 N–H and O–H groups in total. The van der Waals surface area contributed by atoms with E-state index in [1.165, 1.54) is 0 Å². The first-order valence-corrected chi connectivity index (χ1v) is 9.84. The molecule has 2 amide bonds. The summed E-state index contributed by atoms with van der Waals surface area (Å²) in [6.45, 7) is 0.278. The van der Waals surface area contributed by atoms with Gasteiger partial charge in [-0.15, -0.1) is 0 Å². The predicted molar refractivity (Wildman–Crippen MR) is 102 cm³/mol. The van der Waals surface area contributed by atoms with Crippen LogP contribution in [-0.4, -0.2) is 39.9 Å². The maximum absolute atomic E-state index is 12.4. The van der Waals surface area contributed by atoms with Crippen LogP contribution in [0, 0.1) is 5.92 Å². The standard InChI is InChI=1S/C19H22Cl2N2O4/c20-13-3-5-15(21)12(8-13)10-23-14(4-6-18(23)25)9-17(24)22-16(19(26)27)7-11-1-2-11/h3,5,8,11,14,16H,1-2,4,6-7,9-10H2,(H,22,24)(H,26,27)/t14-,16-/m0/s1. The molecule has 1 aliphatic heterocycles. The number of carboxylic acids is 1. The SMILES string of the molecule is O=C(C[C@@H]1CCC(=O)N1Cc1cc(Cl)ccc1Cl)N[C@@H](CC1CC1)C(=O)O. The van der Waals surface area contributed by atoms with E-state index in [9.17, 15) is 19.5 Å². The van der Waals surface area contributed by atoms with Crippen molar-refractivity contribution in [3.05, 3.63) is 33.8 Å². The molecule has 0 radical (unpaired) electrons. The van der Waals surface area contributed by atoms with E-state index in [0.717, 1.165) is 18.4 Å². The first-order valence-electron chi connectivity index (χ1n) is 9.09. The molecule has 146 valence electrons. The van der Waals surface area contributed by atoms with Crippen molar-refractivity contribution in [3.8, 4) is 0 Å². The molecule has 0 aromatic heterocycles. The van der Waals surface area contributed by atoms with Crippen LogP contribution < -0.4 is 5.32 Å². The van der Waals surface area contributed by atoms with Crippen LogP contribution >= 0.6 is 23.2 Å². The summed E-state index contributed by atoms with van der Waals surface area (Å²) >= 11 is 12.2. The van der Waals surface area contributed by atoms with Crippen molar-refractivity contribution in [2.45, 2.75) is 57.2 Å². The van der Waals surface area contributed by atoms with Crippen LogP contribution in [0.1, 0.15) is 44.1 Å². The Morgan fingerprint density at radius 2 is 2.00 bits per heavy atom. The van der Waals surface area contributed by atoms with Gasteiger partial charge in [0.1, 0.15) is 6.04 Å². The quantitative estimate of drug-likeness (QED) is 0.685. The van der Waals surface area contributed by atoms with Gasteiger partial charge in [0, 0.05) is 35.5 Å². The molecule has 3 rings (SSSR count). The maximum Gasteiger partial charge on any atom is 0.326 e. The average Bonchev–Trinajstić information content (AvgIpc) is 3.36. The van der Waals surface area contributed by atoms with Crippen molar-refractivity contribution in [1.82, 2.24) is 10.2 Å². The van der Waals surface area contributed by atoms with E-state index in [4.69, 9.17) is 23.2 Å². The molecule has 2 aliphatic rings. The molecule has 0 unspecified atom stereocenters. The highest BCUT2D eigenvalue weighted by Gasteiger charge is 2.35. The fourth-order valence-electron chi connectivity index (χ4n) is 3.45. The van der Waals surface area contributed by atoms with E-state index in [-0.39, 0.29) is 30.8 Å². The van der Waals surface area contributed by atoms with E-state index in [1.807, 2.05) is 0 Å². The van der Waals surface area contributed by atoms with Crippen LogP contribution in [0.25, 0.3) is 0 Å². The third kappa shape index (κ3) is 5.36. The first kappa shape index (κ1) is 20.0. The van der Waals surface area contributed by atoms with Crippen LogP contribution in [0.4, 0.5) is 0 Å². The molecule has 0 spiro atoms. The minimum absolute atomic E-state index is 0.0448. The molecule has 1 heterocycles. The highest BCUT2D eigenvalue weighted by molar-refractivity contribution is 6.33. The van der Waals surface area contributed by atoms with Crippen LogP contribution in [0.3, 0.4) is 0 Å². The number of carbonyl (C=O) groups is 3. The van der Waals surface area contributed by atoms with Crippen molar-refractivity contribution in [3.63, 3.8) is 0 Å². The molecule has 6 nitrogen and oxygen atoms in total. The fourth-order valence-corrected chi connectivity index (χ4v) is 3.82. The Morgan fingerprint density at radius 1 is 1.26 bits per heavy atom. The Morgan fingerprint density at radius 3 is 2.67 bits per heavy atom. The Balaban J connectivity index is 1.62. The third-order valence-corrected chi connectivity index (χ3v) is 5.73. The van der Waals surface area contributed by atoms with E-state index in [1.54, 1.807) is 23.1 Å². The Hall–Kier alpha value is -1.79. The van der Waals surface area contributed by atoms with E-state index in [0.29, 0.717) is 35.2 Å². The van der Waals surface area contributed by atoms with Gasteiger partial charge in [-0.1, -0.05) is 36.0 Å². The molecule has 1 aromatic rings. The van der Waals surface area contributed by atoms with Gasteiger partial charge in [-0.3, -0.25) is 9.59 Å². The average molecular weight is 413 g/mol. The summed E-state index contributed by atoms with van der Waals surface area (Å²) in [5.41, 5.74) is 0.724. The number of carboxylic acid groups (broad SMARTS) is 1. The number of aliphatic carboxylic acids is 1. The van der Waals surface area contributed by atoms with Gasteiger partial charge < -0.3 is 15.3 Å². The normalized spacial score (nSPS) is 20.6. The minimum atomic E-state index is -1.01. The van der Waals surface area contributed by atoms with Gasteiger partial charge >= 0.3 is 5.97 Å². The number of hydrogen-bond acceptors (Lipinski definition) is 3. The van der Waals surface area contributed by atoms with E-state index < -0.39 is 12.0 Å². The van der Waals surface area contributed by atoms with E-state index in [2.05, 4.69) is 5.32 Å². The number of amides is 2. The number of likely N-dealkylation sites (tertiary alicyclic amines) is 1. The largest absolute Gasteiger partial charge is 0.480 e. The lowest BCUT2D eigenvalue weighted by molar-refractivity contribution is -0.142. The van der Waals surface area contributed by atoms with Crippen LogP contribution in [-0.2, 0) is 20.9 Å². The Labute approximate surface area is 167 Å². The zero-order valence-electron chi connectivity index (χ0n) is 14.8. The van der Waals surface area contributed by atoms with Crippen LogP contribution in [0.2, 0.25) is 10.0 Å². The van der Waals surface area contributed by atoms with Gasteiger partial charge in [0.25, 0.3) is 0 Å². The van der Waals surface area contributed by atoms with Gasteiger partial charge in [-0.2, -0.15) is 0 Å². The maximum atomic E-state index is 12.4. The monoisotopic (exact) mass is 412 g/mol. The molecule has 1 saturated carbocycles. The third-order valence-electron chi connectivity index (χ3n) is 5.12. The molecule has 1 aliphatic carbocycles. The lowest BCUT2D eigenvalue weighted by Crippen LogP contribution is -2.44. The van der Waals surface area contributed by atoms with Gasteiger partial charge in [0.2, 0.25) is 11.8 Å². The Kier molecular flexibility index (Phi) is 6.27. The smallest absolute Gasteiger partial charge is 0.326 e. The van der Waals surface area contributed by atoms with Gasteiger partial charge in [0.05, 0.1) is 0 Å². The number of benzene rings is 1. The summed E-state index contributed by atoms with van der Waals surface area (Å²) < 4.78 is 0. The van der Waals surface area contributed by atoms with Crippen molar-refractivity contribution in [2.24, 2.45) is 5.92 Å². The van der Waals surface area contributed by atoms with Crippen LogP contribution in [0.15, 0.2) is 18.2 Å². The van der Waals surface area contributed by atoms with Gasteiger partial charge in [-0.05, 0) is 42.5 Å². The molecular formula is C19H22Cl2N2O4. The molecule has 2 atom stereocenters. The van der Waals surface area contributed by atoms with Crippen molar-refractivity contribution in [2.75, 3.05) is 0 Å². The second-order valence-corrected chi connectivity index (χ2v) is 8.14. The summed E-state index contributed by atoms with van der Waals surface area (Å²) in [6.07, 6.45) is 3.51. The van der Waals surface area contributed by atoms with Crippen molar-refractivity contribution >= 4 is 41.0 Å². The number of rotatable bonds is 8. The predicted octanol–water partition coefficient (Wildman–Crippen LogP) is 3.24. The summed E-state index contributed by atoms with van der Waals surface area (Å²) in [5.74, 6) is -1.01. The van der Waals surface area contributed by atoms with Gasteiger partial charge in [0.15, 0.2) is 0 Å². The molecule has 1 saturated heterocycles. The molecule has 0 bridgehead atoms. The van der Waals surface area contributed by atoms with Crippen LogP contribution in [0.5, 0.6) is 0 Å². The van der Waals surface area contributed by atoms with Gasteiger partial charge in [-0.25, -0.2) is 4.79 Å². The second-order valence-electron chi connectivity index (χ2n) is 7.29. The highest BCUT2D eigenvalue weighted by atomic mass is 35.5. The topological polar surface area (TPSA) is 86.7 Å². The lowest BCUT2D eigenvalue weighted by atomic mass is 10.1. The minimum Gasteiger partial charge on any atom is -0.480 e. The zero-order valence-corrected chi connectivity index (χ0v) is 16.3. The Bertz CT molecular complexity index is 751. The van der Waals surface area contributed by atoms with Crippen molar-refractivity contribution in [1.29, 1.82) is 0 Å². The zero-order chi connectivity index (χ0) is 19.6. The van der Waals surface area contributed by atoms with Crippen molar-refractivity contribution < 1.29 is 19.5 Å². The molecular weight excluding hydrogens is 391 g/mol. The summed E-state index contributed by atoms with van der Waals surface area (Å²) in [6, 6.07) is 3.93. The number of halogens is 2. The summed E-state index contributed by atoms with van der Waals surface area (Å²) in [5, 5.41) is 12.9.